The molecule has 0 unspecified atom stereocenters. The average Bonchev–Trinajstić information content (AvgIpc) is 3.13. The number of hydrogen-bond donors (Lipinski definition) is 2. The third-order valence-corrected chi connectivity index (χ3v) is 7.00. The fourth-order valence-electron chi connectivity index (χ4n) is 3.53. The molecule has 0 bridgehead atoms. The van der Waals surface area contributed by atoms with Crippen molar-refractivity contribution < 1.29 is 18.0 Å². The van der Waals surface area contributed by atoms with Crippen LogP contribution < -0.4 is 10.6 Å². The van der Waals surface area contributed by atoms with Crippen molar-refractivity contribution in [3.05, 3.63) is 84.0 Å². The van der Waals surface area contributed by atoms with Crippen LogP contribution in [0.1, 0.15) is 6.92 Å². The van der Waals surface area contributed by atoms with Crippen molar-refractivity contribution >= 4 is 55.5 Å². The summed E-state index contributed by atoms with van der Waals surface area (Å²) in [6, 6.07) is 19.7. The highest BCUT2D eigenvalue weighted by molar-refractivity contribution is 7.91. The summed E-state index contributed by atoms with van der Waals surface area (Å²) in [5.41, 5.74) is 1.69. The maximum Gasteiger partial charge on any atom is 0.244 e. The second kappa shape index (κ2) is 9.09. The van der Waals surface area contributed by atoms with Crippen molar-refractivity contribution in [2.75, 3.05) is 10.6 Å². The molecule has 33 heavy (non-hydrogen) atoms. The number of fused-ring (bicyclic) bond motifs is 1. The standard InChI is InChI=1S/C24H20ClN3O4S/c1-16(29)26-18-5-4-6-19(13-18)27-24(30)15-28-14-23(21-7-2-3-8-22(21)28)33(31,32)20-11-9-17(25)10-12-20/h2-14H,15H2,1H3,(H,26,29)(H,27,30). The van der Waals surface area contributed by atoms with Crippen LogP contribution in [0, 0.1) is 0 Å². The normalized spacial score (nSPS) is 11.3. The number of carbonyl (C=O) groups is 2. The first-order valence-corrected chi connectivity index (χ1v) is 11.9. The summed E-state index contributed by atoms with van der Waals surface area (Å²) in [6.07, 6.45) is 1.47. The van der Waals surface area contributed by atoms with Crippen LogP contribution in [0.4, 0.5) is 11.4 Å². The van der Waals surface area contributed by atoms with Crippen LogP contribution in [0.25, 0.3) is 10.9 Å². The van der Waals surface area contributed by atoms with E-state index in [9.17, 15) is 18.0 Å². The molecule has 3 aromatic carbocycles. The molecule has 2 amide bonds. The van der Waals surface area contributed by atoms with E-state index in [-0.39, 0.29) is 28.2 Å². The maximum absolute atomic E-state index is 13.3. The van der Waals surface area contributed by atoms with Crippen molar-refractivity contribution in [1.82, 2.24) is 4.57 Å². The molecule has 0 fully saturated rings. The third kappa shape index (κ3) is 4.92. The SMILES string of the molecule is CC(=O)Nc1cccc(NC(=O)Cn2cc(S(=O)(=O)c3ccc(Cl)cc3)c3ccccc32)c1. The van der Waals surface area contributed by atoms with Crippen molar-refractivity contribution in [2.24, 2.45) is 0 Å². The predicted octanol–water partition coefficient (Wildman–Crippen LogP) is 4.72. The number of aromatic nitrogens is 1. The summed E-state index contributed by atoms with van der Waals surface area (Å²) in [5.74, 6) is -0.558. The molecule has 7 nitrogen and oxygen atoms in total. The fourth-order valence-corrected chi connectivity index (χ4v) is 5.13. The van der Waals surface area contributed by atoms with Gasteiger partial charge in [-0.15, -0.1) is 0 Å². The summed E-state index contributed by atoms with van der Waals surface area (Å²) in [4.78, 5) is 24.2. The first-order chi connectivity index (χ1) is 15.7. The van der Waals surface area contributed by atoms with E-state index in [0.29, 0.717) is 27.3 Å². The van der Waals surface area contributed by atoms with E-state index >= 15 is 0 Å². The number of nitrogens with one attached hydrogen (secondary N) is 2. The number of anilines is 2. The summed E-state index contributed by atoms with van der Waals surface area (Å²) in [6.45, 7) is 1.30. The summed E-state index contributed by atoms with van der Waals surface area (Å²) < 4.78 is 28.2. The molecule has 9 heteroatoms. The third-order valence-electron chi connectivity index (χ3n) is 4.95. The zero-order valence-electron chi connectivity index (χ0n) is 17.6. The number of rotatable bonds is 6. The Bertz CT molecular complexity index is 1460. The molecular formula is C24H20ClN3O4S. The lowest BCUT2D eigenvalue weighted by Crippen LogP contribution is -2.18. The monoisotopic (exact) mass is 481 g/mol. The Balaban J connectivity index is 1.64. The summed E-state index contributed by atoms with van der Waals surface area (Å²) in [7, 11) is -3.82. The molecule has 0 saturated carbocycles. The van der Waals surface area contributed by atoms with Crippen LogP contribution in [0.15, 0.2) is 88.8 Å². The van der Waals surface area contributed by atoms with Crippen LogP contribution in [0.2, 0.25) is 5.02 Å². The minimum Gasteiger partial charge on any atom is -0.337 e. The minimum absolute atomic E-state index is 0.0962. The van der Waals surface area contributed by atoms with E-state index in [4.69, 9.17) is 11.6 Å². The number of amides is 2. The molecule has 0 atom stereocenters. The fraction of sp³-hybridized carbons (Fsp3) is 0.0833. The number of nitrogens with zero attached hydrogens (tertiary/aromatic N) is 1. The molecule has 0 aliphatic rings. The van der Waals surface area contributed by atoms with Gasteiger partial charge in [0.2, 0.25) is 21.7 Å². The van der Waals surface area contributed by atoms with Crippen molar-refractivity contribution in [1.29, 1.82) is 0 Å². The molecule has 4 rings (SSSR count). The Morgan fingerprint density at radius 2 is 1.58 bits per heavy atom. The van der Waals surface area contributed by atoms with E-state index in [1.54, 1.807) is 53.1 Å². The van der Waals surface area contributed by atoms with E-state index in [2.05, 4.69) is 10.6 Å². The van der Waals surface area contributed by atoms with Crippen LogP contribution in [-0.2, 0) is 26.0 Å². The molecule has 0 saturated heterocycles. The first kappa shape index (κ1) is 22.6. The van der Waals surface area contributed by atoms with Crippen LogP contribution in [0.5, 0.6) is 0 Å². The number of hydrogen-bond acceptors (Lipinski definition) is 4. The number of para-hydroxylation sites is 1. The van der Waals surface area contributed by atoms with Gasteiger partial charge in [-0.3, -0.25) is 9.59 Å². The van der Waals surface area contributed by atoms with E-state index < -0.39 is 9.84 Å². The number of sulfone groups is 1. The Kier molecular flexibility index (Phi) is 6.22. The van der Waals surface area contributed by atoms with Gasteiger partial charge in [0.1, 0.15) is 6.54 Å². The second-order valence-electron chi connectivity index (χ2n) is 7.41. The maximum atomic E-state index is 13.3. The topological polar surface area (TPSA) is 97.3 Å². The lowest BCUT2D eigenvalue weighted by molar-refractivity contribution is -0.116. The van der Waals surface area contributed by atoms with Crippen molar-refractivity contribution in [3.63, 3.8) is 0 Å². The highest BCUT2D eigenvalue weighted by Crippen LogP contribution is 2.30. The second-order valence-corrected chi connectivity index (χ2v) is 9.76. The Morgan fingerprint density at radius 3 is 2.27 bits per heavy atom. The molecule has 2 N–H and O–H groups in total. The van der Waals surface area contributed by atoms with E-state index in [0.717, 1.165) is 0 Å². The Labute approximate surface area is 195 Å². The lowest BCUT2D eigenvalue weighted by Gasteiger charge is -2.09. The van der Waals surface area contributed by atoms with Crippen molar-refractivity contribution in [3.8, 4) is 0 Å². The molecule has 0 aliphatic carbocycles. The quantitative estimate of drug-likeness (QED) is 0.416. The summed E-state index contributed by atoms with van der Waals surface area (Å²) >= 11 is 5.90. The van der Waals surface area contributed by atoms with Gasteiger partial charge in [-0.1, -0.05) is 35.9 Å². The van der Waals surface area contributed by atoms with Gasteiger partial charge in [-0.05, 0) is 48.5 Å². The number of benzene rings is 3. The molecule has 1 heterocycles. The molecule has 1 aromatic heterocycles. The smallest absolute Gasteiger partial charge is 0.244 e. The van der Waals surface area contributed by atoms with E-state index in [1.165, 1.54) is 37.4 Å². The largest absolute Gasteiger partial charge is 0.337 e. The van der Waals surface area contributed by atoms with Gasteiger partial charge >= 0.3 is 0 Å². The van der Waals surface area contributed by atoms with Gasteiger partial charge in [-0.25, -0.2) is 8.42 Å². The number of carbonyl (C=O) groups excluding carboxylic acids is 2. The van der Waals surface area contributed by atoms with Crippen LogP contribution in [-0.4, -0.2) is 24.8 Å². The highest BCUT2D eigenvalue weighted by atomic mass is 35.5. The molecule has 4 aromatic rings. The van der Waals surface area contributed by atoms with Gasteiger partial charge in [0.15, 0.2) is 0 Å². The lowest BCUT2D eigenvalue weighted by atomic mass is 10.2. The predicted molar refractivity (Wildman–Crippen MR) is 128 cm³/mol. The molecule has 0 aliphatic heterocycles. The minimum atomic E-state index is -3.82. The van der Waals surface area contributed by atoms with E-state index in [1.807, 2.05) is 0 Å². The van der Waals surface area contributed by atoms with Gasteiger partial charge in [0.05, 0.1) is 9.79 Å². The highest BCUT2D eigenvalue weighted by Gasteiger charge is 2.24. The van der Waals surface area contributed by atoms with Gasteiger partial charge < -0.3 is 15.2 Å². The van der Waals surface area contributed by atoms with Crippen molar-refractivity contribution in [2.45, 2.75) is 23.3 Å². The molecular weight excluding hydrogens is 462 g/mol. The summed E-state index contributed by atoms with van der Waals surface area (Å²) in [5, 5.41) is 6.40. The zero-order valence-corrected chi connectivity index (χ0v) is 19.2. The van der Waals surface area contributed by atoms with Gasteiger partial charge in [0, 0.05) is 40.4 Å². The Hall–Kier alpha value is -3.62. The molecule has 168 valence electrons. The van der Waals surface area contributed by atoms with Gasteiger partial charge in [-0.2, -0.15) is 0 Å². The van der Waals surface area contributed by atoms with Crippen LogP contribution >= 0.6 is 11.6 Å². The zero-order chi connectivity index (χ0) is 23.6. The average molecular weight is 482 g/mol. The first-order valence-electron chi connectivity index (χ1n) is 10.00. The van der Waals surface area contributed by atoms with Gasteiger partial charge in [0.25, 0.3) is 0 Å². The number of halogens is 1. The molecule has 0 spiro atoms. The molecule has 0 radical (unpaired) electrons. The van der Waals surface area contributed by atoms with Crippen LogP contribution in [0.3, 0.4) is 0 Å². The Morgan fingerprint density at radius 1 is 0.909 bits per heavy atom.